The predicted molar refractivity (Wildman–Crippen MR) is 125 cm³/mol. The predicted octanol–water partition coefficient (Wildman–Crippen LogP) is 3.92. The quantitative estimate of drug-likeness (QED) is 0.303. The van der Waals surface area contributed by atoms with E-state index in [1.165, 1.54) is 12.1 Å². The van der Waals surface area contributed by atoms with Gasteiger partial charge in [0, 0.05) is 20.2 Å². The number of nitrogens with zero attached hydrogens (tertiary/aromatic N) is 2. The van der Waals surface area contributed by atoms with Gasteiger partial charge in [-0.1, -0.05) is 60.7 Å². The number of ether oxygens (including phenoxy) is 1. The maximum atomic E-state index is 12.6. The van der Waals surface area contributed by atoms with Crippen molar-refractivity contribution in [3.63, 3.8) is 0 Å². The minimum atomic E-state index is -0.808. The number of nitro groups is 1. The van der Waals surface area contributed by atoms with Crippen molar-refractivity contribution >= 4 is 23.3 Å². The molecule has 33 heavy (non-hydrogen) atoms. The van der Waals surface area contributed by atoms with Gasteiger partial charge in [-0.2, -0.15) is 0 Å². The van der Waals surface area contributed by atoms with Crippen molar-refractivity contribution in [3.05, 3.63) is 106 Å². The van der Waals surface area contributed by atoms with E-state index in [1.54, 1.807) is 19.0 Å². The molecule has 0 aliphatic carbocycles. The zero-order valence-corrected chi connectivity index (χ0v) is 18.4. The van der Waals surface area contributed by atoms with Crippen molar-refractivity contribution in [2.75, 3.05) is 25.6 Å². The highest BCUT2D eigenvalue weighted by molar-refractivity contribution is 5.93. The van der Waals surface area contributed by atoms with Crippen LogP contribution < -0.4 is 10.2 Å². The number of amides is 1. The molecule has 8 nitrogen and oxygen atoms in total. The van der Waals surface area contributed by atoms with Gasteiger partial charge < -0.3 is 15.0 Å². The van der Waals surface area contributed by atoms with Crippen molar-refractivity contribution in [2.45, 2.75) is 12.5 Å². The van der Waals surface area contributed by atoms with Crippen molar-refractivity contribution < 1.29 is 19.2 Å². The molecule has 0 fully saturated rings. The van der Waals surface area contributed by atoms with Crippen LogP contribution in [0.1, 0.15) is 27.5 Å². The van der Waals surface area contributed by atoms with E-state index in [4.69, 9.17) is 4.74 Å². The molecule has 0 spiro atoms. The Morgan fingerprint density at radius 1 is 1.00 bits per heavy atom. The van der Waals surface area contributed by atoms with Gasteiger partial charge in [0.2, 0.25) is 0 Å². The number of nitro benzene ring substituents is 1. The van der Waals surface area contributed by atoms with Crippen molar-refractivity contribution in [2.24, 2.45) is 0 Å². The fourth-order valence-corrected chi connectivity index (χ4v) is 3.41. The van der Waals surface area contributed by atoms with Gasteiger partial charge in [0.15, 0.2) is 6.61 Å². The summed E-state index contributed by atoms with van der Waals surface area (Å²) in [6, 6.07) is 23.0. The lowest BCUT2D eigenvalue weighted by atomic mass is 9.99. The Hall–Kier alpha value is -4.20. The van der Waals surface area contributed by atoms with Crippen LogP contribution in [0.3, 0.4) is 0 Å². The Bertz CT molecular complexity index is 1120. The van der Waals surface area contributed by atoms with E-state index in [0.717, 1.165) is 17.2 Å². The summed E-state index contributed by atoms with van der Waals surface area (Å²) in [5.74, 6) is -1.27. The number of nitrogens with one attached hydrogen (secondary N) is 1. The van der Waals surface area contributed by atoms with Crippen LogP contribution in [0.2, 0.25) is 0 Å². The second-order valence-electron chi connectivity index (χ2n) is 7.65. The summed E-state index contributed by atoms with van der Waals surface area (Å²) >= 11 is 0. The molecule has 0 aromatic heterocycles. The summed E-state index contributed by atoms with van der Waals surface area (Å²) in [7, 11) is 3.34. The molecule has 0 bridgehead atoms. The number of hydrogen-bond donors (Lipinski definition) is 1. The van der Waals surface area contributed by atoms with E-state index in [9.17, 15) is 19.7 Å². The molecule has 1 atom stereocenters. The van der Waals surface area contributed by atoms with Gasteiger partial charge in [-0.3, -0.25) is 14.9 Å². The molecule has 0 heterocycles. The van der Waals surface area contributed by atoms with Crippen LogP contribution in [-0.2, 0) is 16.0 Å². The van der Waals surface area contributed by atoms with Crippen LogP contribution >= 0.6 is 0 Å². The van der Waals surface area contributed by atoms with E-state index in [2.05, 4.69) is 5.32 Å². The topological polar surface area (TPSA) is 102 Å². The number of carbonyl (C=O) groups excluding carboxylic acids is 2. The van der Waals surface area contributed by atoms with Crippen LogP contribution in [0.15, 0.2) is 78.9 Å². The first-order chi connectivity index (χ1) is 15.8. The van der Waals surface area contributed by atoms with Crippen LogP contribution in [0.4, 0.5) is 11.4 Å². The highest BCUT2D eigenvalue weighted by Gasteiger charge is 2.21. The maximum absolute atomic E-state index is 12.6. The van der Waals surface area contributed by atoms with Crippen molar-refractivity contribution in [3.8, 4) is 0 Å². The number of hydrogen-bond acceptors (Lipinski definition) is 6. The Kier molecular flexibility index (Phi) is 7.75. The van der Waals surface area contributed by atoms with Gasteiger partial charge in [0.1, 0.15) is 5.69 Å². The van der Waals surface area contributed by atoms with E-state index in [0.29, 0.717) is 12.1 Å². The van der Waals surface area contributed by atoms with Gasteiger partial charge in [-0.25, -0.2) is 4.79 Å². The zero-order chi connectivity index (χ0) is 23.8. The van der Waals surface area contributed by atoms with Crippen LogP contribution in [0.5, 0.6) is 0 Å². The van der Waals surface area contributed by atoms with Crippen LogP contribution in [0, 0.1) is 10.1 Å². The minimum Gasteiger partial charge on any atom is -0.452 e. The van der Waals surface area contributed by atoms with E-state index >= 15 is 0 Å². The minimum absolute atomic E-state index is 0.00370. The van der Waals surface area contributed by atoms with E-state index in [1.807, 2.05) is 60.7 Å². The van der Waals surface area contributed by atoms with Crippen LogP contribution in [0.25, 0.3) is 0 Å². The van der Waals surface area contributed by atoms with Gasteiger partial charge in [0.25, 0.3) is 11.6 Å². The first-order valence-electron chi connectivity index (χ1n) is 10.4. The summed E-state index contributed by atoms with van der Waals surface area (Å²) in [4.78, 5) is 37.3. The van der Waals surface area contributed by atoms with Gasteiger partial charge >= 0.3 is 5.97 Å². The lowest BCUT2D eigenvalue weighted by Crippen LogP contribution is -2.33. The van der Waals surface area contributed by atoms with Crippen molar-refractivity contribution in [1.82, 2.24) is 5.32 Å². The number of rotatable bonds is 9. The highest BCUT2D eigenvalue weighted by Crippen LogP contribution is 2.28. The molecule has 1 unspecified atom stereocenters. The second kappa shape index (κ2) is 10.9. The van der Waals surface area contributed by atoms with E-state index < -0.39 is 23.4 Å². The average molecular weight is 447 g/mol. The lowest BCUT2D eigenvalue weighted by Gasteiger charge is -2.19. The molecule has 0 radical (unpaired) electrons. The van der Waals surface area contributed by atoms with E-state index in [-0.39, 0.29) is 17.3 Å². The summed E-state index contributed by atoms with van der Waals surface area (Å²) < 4.78 is 5.12. The third-order valence-corrected chi connectivity index (χ3v) is 5.04. The van der Waals surface area contributed by atoms with Gasteiger partial charge in [-0.15, -0.1) is 0 Å². The Labute approximate surface area is 191 Å². The van der Waals surface area contributed by atoms with Crippen LogP contribution in [-0.4, -0.2) is 37.5 Å². The molecular formula is C25H25N3O5. The lowest BCUT2D eigenvalue weighted by molar-refractivity contribution is -0.384. The molecule has 3 aromatic rings. The summed E-state index contributed by atoms with van der Waals surface area (Å²) in [6.07, 6.45) is 0.572. The molecule has 3 rings (SSSR count). The monoisotopic (exact) mass is 447 g/mol. The smallest absolute Gasteiger partial charge is 0.338 e. The molecule has 8 heteroatoms. The van der Waals surface area contributed by atoms with Crippen molar-refractivity contribution in [1.29, 1.82) is 0 Å². The zero-order valence-electron chi connectivity index (χ0n) is 18.4. The summed E-state index contributed by atoms with van der Waals surface area (Å²) in [6.45, 7) is -0.500. The van der Waals surface area contributed by atoms with Gasteiger partial charge in [-0.05, 0) is 29.7 Å². The maximum Gasteiger partial charge on any atom is 0.338 e. The molecule has 170 valence electrons. The average Bonchev–Trinajstić information content (AvgIpc) is 2.82. The molecule has 0 saturated carbocycles. The molecular weight excluding hydrogens is 422 g/mol. The third-order valence-electron chi connectivity index (χ3n) is 5.04. The first-order valence-corrected chi connectivity index (χ1v) is 10.4. The fraction of sp³-hybridized carbons (Fsp3) is 0.200. The number of esters is 1. The fourth-order valence-electron chi connectivity index (χ4n) is 3.41. The molecule has 0 aliphatic heterocycles. The molecule has 3 aromatic carbocycles. The summed E-state index contributed by atoms with van der Waals surface area (Å²) in [5, 5.41) is 14.2. The molecule has 1 N–H and O–H groups in total. The molecule has 0 aliphatic rings. The number of anilines is 1. The first kappa shape index (κ1) is 23.5. The SMILES string of the molecule is CN(C)c1ccc(C(=O)OCC(=O)NC(Cc2ccccc2)c2ccccc2)cc1[N+](=O)[O-]. The summed E-state index contributed by atoms with van der Waals surface area (Å²) in [5.41, 5.74) is 2.13. The standard InChI is InChI=1S/C25H25N3O5/c1-27(2)22-14-13-20(16-23(22)28(31)32)25(30)33-17-24(29)26-21(19-11-7-4-8-12-19)15-18-9-5-3-6-10-18/h3-14,16,21H,15,17H2,1-2H3,(H,26,29). The molecule has 1 amide bonds. The van der Waals surface area contributed by atoms with Gasteiger partial charge in [0.05, 0.1) is 16.5 Å². The molecule has 0 saturated heterocycles. The Morgan fingerprint density at radius 3 is 2.24 bits per heavy atom. The number of carbonyl (C=O) groups is 2. The largest absolute Gasteiger partial charge is 0.452 e. The second-order valence-corrected chi connectivity index (χ2v) is 7.65. The Morgan fingerprint density at radius 2 is 1.64 bits per heavy atom. The normalized spacial score (nSPS) is 11.3. The number of benzene rings is 3. The highest BCUT2D eigenvalue weighted by atomic mass is 16.6. The Balaban J connectivity index is 1.67. The third kappa shape index (κ3) is 6.39.